The molecule has 1 unspecified atom stereocenters. The van der Waals surface area contributed by atoms with E-state index in [-0.39, 0.29) is 18.4 Å². The van der Waals surface area contributed by atoms with Crippen LogP contribution in [-0.2, 0) is 22.7 Å². The molecule has 4 heterocycles. The third-order valence-electron chi connectivity index (χ3n) is 5.85. The number of fused-ring (bicyclic) bond motifs is 2. The van der Waals surface area contributed by atoms with E-state index >= 15 is 0 Å². The van der Waals surface area contributed by atoms with Gasteiger partial charge in [-0.05, 0) is 23.8 Å². The van der Waals surface area contributed by atoms with Crippen LogP contribution in [0.1, 0.15) is 11.3 Å². The first-order valence-electron chi connectivity index (χ1n) is 10.2. The maximum Gasteiger partial charge on any atom is 0.247 e. The zero-order chi connectivity index (χ0) is 20.5. The number of hydrogen-bond donors (Lipinski definition) is 0. The molecule has 2 amide bonds. The highest BCUT2D eigenvalue weighted by molar-refractivity contribution is 5.95. The van der Waals surface area contributed by atoms with Crippen molar-refractivity contribution in [1.29, 1.82) is 0 Å². The fourth-order valence-corrected chi connectivity index (χ4v) is 4.31. The Hall–Kier alpha value is -3.32. The van der Waals surface area contributed by atoms with E-state index in [4.69, 9.17) is 4.98 Å². The van der Waals surface area contributed by atoms with Gasteiger partial charge in [-0.3, -0.25) is 24.5 Å². The Morgan fingerprint density at radius 3 is 2.73 bits per heavy atom. The standard InChI is InChI=1S/C23H23N5O2/c29-22-16-27(13-17-4-3-9-24-12-17)23(30)21-15-26(10-11-28(21)22)14-19-8-7-18-5-1-2-6-20(18)25-19/h1-9,12,21H,10-11,13-16H2. The zero-order valence-corrected chi connectivity index (χ0v) is 16.6. The minimum atomic E-state index is -0.433. The van der Waals surface area contributed by atoms with E-state index in [9.17, 15) is 9.59 Å². The van der Waals surface area contributed by atoms with Crippen LogP contribution in [0.5, 0.6) is 0 Å². The number of aromatic nitrogens is 2. The van der Waals surface area contributed by atoms with Crippen LogP contribution in [0.15, 0.2) is 60.9 Å². The van der Waals surface area contributed by atoms with Gasteiger partial charge in [0.05, 0.1) is 11.2 Å². The molecule has 0 bridgehead atoms. The molecule has 1 atom stereocenters. The minimum absolute atomic E-state index is 0.00891. The van der Waals surface area contributed by atoms with Gasteiger partial charge in [0.15, 0.2) is 0 Å². The number of benzene rings is 1. The smallest absolute Gasteiger partial charge is 0.247 e. The minimum Gasteiger partial charge on any atom is -0.327 e. The van der Waals surface area contributed by atoms with Gasteiger partial charge >= 0.3 is 0 Å². The molecule has 2 fully saturated rings. The van der Waals surface area contributed by atoms with Crippen molar-refractivity contribution in [3.05, 3.63) is 72.2 Å². The summed E-state index contributed by atoms with van der Waals surface area (Å²) in [6.45, 7) is 3.06. The molecule has 7 heteroatoms. The number of carbonyl (C=O) groups excluding carboxylic acids is 2. The Labute approximate surface area is 174 Å². The first-order chi connectivity index (χ1) is 14.7. The van der Waals surface area contributed by atoms with Gasteiger partial charge in [-0.25, -0.2) is 0 Å². The summed E-state index contributed by atoms with van der Waals surface area (Å²) < 4.78 is 0. The average molecular weight is 401 g/mol. The third kappa shape index (κ3) is 3.64. The molecule has 2 saturated heterocycles. The maximum absolute atomic E-state index is 13.2. The molecule has 0 aliphatic carbocycles. The van der Waals surface area contributed by atoms with Gasteiger partial charge in [0.2, 0.25) is 11.8 Å². The lowest BCUT2D eigenvalue weighted by Gasteiger charge is -2.46. The number of hydrogen-bond acceptors (Lipinski definition) is 5. The Morgan fingerprint density at radius 1 is 0.967 bits per heavy atom. The lowest BCUT2D eigenvalue weighted by atomic mass is 10.1. The van der Waals surface area contributed by atoms with Crippen LogP contribution >= 0.6 is 0 Å². The largest absolute Gasteiger partial charge is 0.327 e. The van der Waals surface area contributed by atoms with Crippen LogP contribution in [0.3, 0.4) is 0 Å². The van der Waals surface area contributed by atoms with Gasteiger partial charge in [0.25, 0.3) is 0 Å². The van der Waals surface area contributed by atoms with Crippen LogP contribution in [0.2, 0.25) is 0 Å². The Bertz CT molecular complexity index is 1090. The number of nitrogens with zero attached hydrogens (tertiary/aromatic N) is 5. The number of pyridine rings is 2. The number of amides is 2. The molecule has 2 aliphatic heterocycles. The fourth-order valence-electron chi connectivity index (χ4n) is 4.31. The first kappa shape index (κ1) is 18.7. The lowest BCUT2D eigenvalue weighted by Crippen LogP contribution is -2.66. The Morgan fingerprint density at radius 2 is 1.87 bits per heavy atom. The topological polar surface area (TPSA) is 69.6 Å². The summed E-state index contributed by atoms with van der Waals surface area (Å²) in [4.78, 5) is 40.3. The molecule has 0 N–H and O–H groups in total. The van der Waals surface area contributed by atoms with Gasteiger partial charge in [0, 0.05) is 50.5 Å². The SMILES string of the molecule is O=C1C2CN(Cc3ccc4ccccc4n3)CCN2C(=O)CN1Cc1cccnc1. The normalized spacial score (nSPS) is 19.9. The van der Waals surface area contributed by atoms with Crippen molar-refractivity contribution in [2.24, 2.45) is 0 Å². The first-order valence-corrected chi connectivity index (χ1v) is 10.2. The van der Waals surface area contributed by atoms with Crippen LogP contribution in [0.4, 0.5) is 0 Å². The van der Waals surface area contributed by atoms with Crippen molar-refractivity contribution in [2.45, 2.75) is 19.1 Å². The molecular weight excluding hydrogens is 378 g/mol. The van der Waals surface area contributed by atoms with Crippen LogP contribution in [0, 0.1) is 0 Å². The van der Waals surface area contributed by atoms with E-state index in [2.05, 4.69) is 16.0 Å². The highest BCUT2D eigenvalue weighted by Crippen LogP contribution is 2.21. The summed E-state index contributed by atoms with van der Waals surface area (Å²) in [7, 11) is 0. The van der Waals surface area contributed by atoms with Crippen LogP contribution < -0.4 is 0 Å². The van der Waals surface area contributed by atoms with E-state index in [0.717, 1.165) is 28.7 Å². The second-order valence-electron chi connectivity index (χ2n) is 7.89. The molecule has 152 valence electrons. The highest BCUT2D eigenvalue weighted by atomic mass is 16.2. The summed E-state index contributed by atoms with van der Waals surface area (Å²) in [6, 6.07) is 15.5. The van der Waals surface area contributed by atoms with Crippen molar-refractivity contribution in [2.75, 3.05) is 26.2 Å². The lowest BCUT2D eigenvalue weighted by molar-refractivity contribution is -0.160. The van der Waals surface area contributed by atoms with E-state index in [0.29, 0.717) is 26.2 Å². The summed E-state index contributed by atoms with van der Waals surface area (Å²) >= 11 is 0. The van der Waals surface area contributed by atoms with Crippen LogP contribution in [0.25, 0.3) is 10.9 Å². The predicted molar refractivity (Wildman–Crippen MR) is 112 cm³/mol. The molecule has 3 aromatic rings. The van der Waals surface area contributed by atoms with Gasteiger partial charge < -0.3 is 9.80 Å². The second kappa shape index (κ2) is 7.84. The van der Waals surface area contributed by atoms with Crippen molar-refractivity contribution in [3.8, 4) is 0 Å². The average Bonchev–Trinajstić information content (AvgIpc) is 2.78. The Balaban J connectivity index is 1.30. The molecule has 2 aliphatic rings. The number of para-hydroxylation sites is 1. The van der Waals surface area contributed by atoms with Gasteiger partial charge in [-0.2, -0.15) is 0 Å². The van der Waals surface area contributed by atoms with Gasteiger partial charge in [-0.15, -0.1) is 0 Å². The zero-order valence-electron chi connectivity index (χ0n) is 16.6. The van der Waals surface area contributed by atoms with Crippen LogP contribution in [-0.4, -0.2) is 68.7 Å². The molecular formula is C23H23N5O2. The number of carbonyl (C=O) groups is 2. The summed E-state index contributed by atoms with van der Waals surface area (Å²) in [6.07, 6.45) is 3.44. The highest BCUT2D eigenvalue weighted by Gasteiger charge is 2.42. The van der Waals surface area contributed by atoms with Gasteiger partial charge in [-0.1, -0.05) is 30.3 Å². The second-order valence-corrected chi connectivity index (χ2v) is 7.89. The molecule has 0 spiro atoms. The summed E-state index contributed by atoms with van der Waals surface area (Å²) in [5.74, 6) is 0.0293. The third-order valence-corrected chi connectivity index (χ3v) is 5.85. The monoisotopic (exact) mass is 401 g/mol. The van der Waals surface area contributed by atoms with Crippen molar-refractivity contribution < 1.29 is 9.59 Å². The summed E-state index contributed by atoms with van der Waals surface area (Å²) in [5, 5.41) is 1.12. The van der Waals surface area contributed by atoms with Crippen molar-refractivity contribution in [3.63, 3.8) is 0 Å². The van der Waals surface area contributed by atoms with E-state index in [1.165, 1.54) is 0 Å². The quantitative estimate of drug-likeness (QED) is 0.665. The molecule has 30 heavy (non-hydrogen) atoms. The molecule has 0 saturated carbocycles. The number of rotatable bonds is 4. The van der Waals surface area contributed by atoms with Crippen molar-refractivity contribution in [1.82, 2.24) is 24.7 Å². The summed E-state index contributed by atoms with van der Waals surface area (Å²) in [5.41, 5.74) is 2.88. The maximum atomic E-state index is 13.2. The van der Waals surface area contributed by atoms with E-state index in [1.54, 1.807) is 22.2 Å². The Kier molecular flexibility index (Phi) is 4.88. The van der Waals surface area contributed by atoms with Gasteiger partial charge in [0.1, 0.15) is 12.6 Å². The number of piperazine rings is 2. The molecule has 1 aromatic carbocycles. The molecule has 0 radical (unpaired) electrons. The molecule has 7 nitrogen and oxygen atoms in total. The molecule has 2 aromatic heterocycles. The van der Waals surface area contributed by atoms with E-state index in [1.807, 2.05) is 42.5 Å². The predicted octanol–water partition coefficient (Wildman–Crippen LogP) is 1.68. The van der Waals surface area contributed by atoms with Crippen molar-refractivity contribution >= 4 is 22.7 Å². The molecule has 5 rings (SSSR count). The fraction of sp³-hybridized carbons (Fsp3) is 0.304. The van der Waals surface area contributed by atoms with E-state index < -0.39 is 6.04 Å².